The Morgan fingerprint density at radius 2 is 1.15 bits per heavy atom. The highest BCUT2D eigenvalue weighted by Gasteiger charge is 2.37. The molecule has 0 saturated heterocycles. The summed E-state index contributed by atoms with van der Waals surface area (Å²) in [6.07, 6.45) is 0. The van der Waals surface area contributed by atoms with Crippen LogP contribution in [0, 0.1) is 11.3 Å². The molecule has 7 aromatic carbocycles. The third-order valence-electron chi connectivity index (χ3n) is 11.0. The van der Waals surface area contributed by atoms with Gasteiger partial charge >= 0.3 is 0 Å². The molecule has 4 nitrogen and oxygen atoms in total. The Kier molecular flexibility index (Phi) is 7.18. The van der Waals surface area contributed by atoms with Gasteiger partial charge in [-0.3, -0.25) is 0 Å². The molecule has 0 bridgehead atoms. The van der Waals surface area contributed by atoms with Gasteiger partial charge in [0.2, 0.25) is 0 Å². The summed E-state index contributed by atoms with van der Waals surface area (Å²) in [7, 11) is 0. The van der Waals surface area contributed by atoms with E-state index in [-0.39, 0.29) is 5.41 Å². The van der Waals surface area contributed by atoms with Gasteiger partial charge < -0.3 is 4.57 Å². The first-order valence-electron chi connectivity index (χ1n) is 18.3. The third-order valence-corrected chi connectivity index (χ3v) is 11.0. The summed E-state index contributed by atoms with van der Waals surface area (Å²) in [5.74, 6) is 0.657. The van der Waals surface area contributed by atoms with Crippen molar-refractivity contribution in [1.82, 2.24) is 14.5 Å². The van der Waals surface area contributed by atoms with Crippen molar-refractivity contribution in [2.45, 2.75) is 19.3 Å². The van der Waals surface area contributed by atoms with Crippen LogP contribution in [0.1, 0.15) is 30.5 Å². The molecular weight excluding hydrogens is 657 g/mol. The zero-order chi connectivity index (χ0) is 36.4. The lowest BCUT2D eigenvalue weighted by molar-refractivity contribution is 0.661. The second kappa shape index (κ2) is 12.3. The fraction of sp³-hybridized carbons (Fsp3) is 0.0600. The van der Waals surface area contributed by atoms with Crippen molar-refractivity contribution in [2.75, 3.05) is 0 Å². The van der Waals surface area contributed by atoms with Crippen LogP contribution < -0.4 is 0 Å². The molecule has 0 amide bonds. The summed E-state index contributed by atoms with van der Waals surface area (Å²) in [4.78, 5) is 10.3. The topological polar surface area (TPSA) is 54.5 Å². The average Bonchev–Trinajstić information content (AvgIpc) is 3.69. The van der Waals surface area contributed by atoms with Crippen LogP contribution in [-0.2, 0) is 5.41 Å². The van der Waals surface area contributed by atoms with Gasteiger partial charge in [0.15, 0.2) is 5.82 Å². The second-order valence-electron chi connectivity index (χ2n) is 14.5. The zero-order valence-electron chi connectivity index (χ0n) is 30.0. The fourth-order valence-corrected chi connectivity index (χ4v) is 8.47. The van der Waals surface area contributed by atoms with Crippen molar-refractivity contribution >= 4 is 21.8 Å². The highest BCUT2D eigenvalue weighted by molar-refractivity contribution is 6.18. The van der Waals surface area contributed by atoms with Gasteiger partial charge in [0.25, 0.3) is 0 Å². The first-order valence-corrected chi connectivity index (χ1v) is 18.3. The van der Waals surface area contributed by atoms with Gasteiger partial charge in [0.1, 0.15) is 0 Å². The van der Waals surface area contributed by atoms with Gasteiger partial charge in [-0.15, -0.1) is 0 Å². The van der Waals surface area contributed by atoms with E-state index in [1.807, 2.05) is 60.7 Å². The molecule has 0 N–H and O–H groups in total. The summed E-state index contributed by atoms with van der Waals surface area (Å²) < 4.78 is 2.39. The van der Waals surface area contributed by atoms with Crippen molar-refractivity contribution < 1.29 is 0 Å². The number of benzene rings is 7. The maximum absolute atomic E-state index is 10.3. The Balaban J connectivity index is 1.29. The van der Waals surface area contributed by atoms with E-state index in [9.17, 15) is 5.26 Å². The quantitative estimate of drug-likeness (QED) is 0.181. The summed E-state index contributed by atoms with van der Waals surface area (Å²) in [6.45, 7) is 4.67. The Hall–Kier alpha value is -7.09. The van der Waals surface area contributed by atoms with Crippen molar-refractivity contribution in [3.05, 3.63) is 187 Å². The van der Waals surface area contributed by atoms with Gasteiger partial charge in [-0.2, -0.15) is 5.26 Å². The molecule has 0 radical (unpaired) electrons. The summed E-state index contributed by atoms with van der Waals surface area (Å²) in [5, 5.41) is 12.7. The zero-order valence-corrected chi connectivity index (χ0v) is 30.0. The van der Waals surface area contributed by atoms with Gasteiger partial charge in [-0.1, -0.05) is 141 Å². The van der Waals surface area contributed by atoms with Crippen LogP contribution in [0.5, 0.6) is 0 Å². The minimum absolute atomic E-state index is 0.114. The highest BCUT2D eigenvalue weighted by atomic mass is 15.0. The Labute approximate surface area is 314 Å². The fourth-order valence-electron chi connectivity index (χ4n) is 8.47. The predicted molar refractivity (Wildman–Crippen MR) is 220 cm³/mol. The molecule has 0 aliphatic heterocycles. The van der Waals surface area contributed by atoms with E-state index in [4.69, 9.17) is 9.97 Å². The highest BCUT2D eigenvalue weighted by Crippen LogP contribution is 2.53. The molecule has 0 atom stereocenters. The number of rotatable bonds is 5. The summed E-state index contributed by atoms with van der Waals surface area (Å²) >= 11 is 0. The van der Waals surface area contributed by atoms with Crippen LogP contribution >= 0.6 is 0 Å². The number of hydrogen-bond acceptors (Lipinski definition) is 3. The predicted octanol–water partition coefficient (Wildman–Crippen LogP) is 12.4. The lowest BCUT2D eigenvalue weighted by Crippen LogP contribution is -2.14. The SMILES string of the molecule is CC1(C)c2ccccc2-c2c1ccc1c2c2ccccc2n1-c1cc(-c2cc(-c3ccccc3)nc(-c3ccccc3)n2)cc(-c2ccccc2C#N)c1. The largest absolute Gasteiger partial charge is 0.309 e. The van der Waals surface area contributed by atoms with Gasteiger partial charge in [0, 0.05) is 38.6 Å². The van der Waals surface area contributed by atoms with Crippen LogP contribution in [0.3, 0.4) is 0 Å². The molecule has 1 aliphatic carbocycles. The number of aromatic nitrogens is 3. The third kappa shape index (κ3) is 4.90. The molecule has 10 rings (SSSR count). The lowest BCUT2D eigenvalue weighted by atomic mass is 9.82. The van der Waals surface area contributed by atoms with Crippen LogP contribution in [0.4, 0.5) is 0 Å². The number of para-hydroxylation sites is 1. The Morgan fingerprint density at radius 1 is 0.519 bits per heavy atom. The average molecular weight is 691 g/mol. The number of fused-ring (bicyclic) bond motifs is 7. The maximum Gasteiger partial charge on any atom is 0.160 e. The normalized spacial score (nSPS) is 12.8. The van der Waals surface area contributed by atoms with E-state index in [2.05, 4.69) is 134 Å². The maximum atomic E-state index is 10.3. The van der Waals surface area contributed by atoms with Crippen molar-refractivity contribution in [3.8, 4) is 67.9 Å². The molecule has 2 aromatic heterocycles. The monoisotopic (exact) mass is 690 g/mol. The van der Waals surface area contributed by atoms with E-state index >= 15 is 0 Å². The van der Waals surface area contributed by atoms with E-state index in [0.29, 0.717) is 11.4 Å². The standard InChI is InChI=1S/C50H34N4/c1-50(2)41-23-13-11-21-39(41)47-42(50)25-26-46-48(47)40-22-12-14-24-45(40)54(46)37-28-35(38-20-10-9-19-34(38)31-51)27-36(29-37)44-30-43(32-15-5-3-6-16-32)52-49(53-44)33-17-7-4-8-18-33/h3-30H,1-2H3. The van der Waals surface area contributed by atoms with E-state index < -0.39 is 0 Å². The van der Waals surface area contributed by atoms with Crippen molar-refractivity contribution in [3.63, 3.8) is 0 Å². The van der Waals surface area contributed by atoms with E-state index in [0.717, 1.165) is 55.9 Å². The molecule has 2 heterocycles. The minimum Gasteiger partial charge on any atom is -0.309 e. The molecule has 0 saturated carbocycles. The summed E-state index contributed by atoms with van der Waals surface area (Å²) in [5.41, 5.74) is 15.4. The van der Waals surface area contributed by atoms with Crippen molar-refractivity contribution in [1.29, 1.82) is 5.26 Å². The molecule has 4 heteroatoms. The van der Waals surface area contributed by atoms with E-state index in [1.165, 1.54) is 33.0 Å². The smallest absolute Gasteiger partial charge is 0.160 e. The lowest BCUT2D eigenvalue weighted by Gasteiger charge is -2.21. The molecule has 1 aliphatic rings. The molecule has 0 fully saturated rings. The number of nitriles is 1. The van der Waals surface area contributed by atoms with Crippen LogP contribution in [0.25, 0.3) is 83.6 Å². The van der Waals surface area contributed by atoms with Crippen LogP contribution in [0.15, 0.2) is 170 Å². The van der Waals surface area contributed by atoms with Crippen molar-refractivity contribution in [2.24, 2.45) is 0 Å². The van der Waals surface area contributed by atoms with Gasteiger partial charge in [-0.05, 0) is 75.8 Å². The Bertz CT molecular complexity index is 2910. The van der Waals surface area contributed by atoms with Gasteiger partial charge in [0.05, 0.1) is 34.1 Å². The van der Waals surface area contributed by atoms with Gasteiger partial charge in [-0.25, -0.2) is 9.97 Å². The molecule has 254 valence electrons. The molecule has 0 unspecified atom stereocenters. The minimum atomic E-state index is -0.114. The van der Waals surface area contributed by atoms with Crippen LogP contribution in [0.2, 0.25) is 0 Å². The molecule has 54 heavy (non-hydrogen) atoms. The summed E-state index contributed by atoms with van der Waals surface area (Å²) in [6, 6.07) is 61.6. The van der Waals surface area contributed by atoms with Crippen LogP contribution in [-0.4, -0.2) is 14.5 Å². The van der Waals surface area contributed by atoms with E-state index in [1.54, 1.807) is 0 Å². The first-order chi connectivity index (χ1) is 26.5. The first kappa shape index (κ1) is 31.6. The molecule has 0 spiro atoms. The Morgan fingerprint density at radius 3 is 1.93 bits per heavy atom. The number of hydrogen-bond donors (Lipinski definition) is 0. The molecular formula is C50H34N4. The molecule has 9 aromatic rings. The second-order valence-corrected chi connectivity index (χ2v) is 14.5. The number of nitrogens with zero attached hydrogens (tertiary/aromatic N) is 4.